The summed E-state index contributed by atoms with van der Waals surface area (Å²) in [7, 11) is 0. The average molecular weight is 206 g/mol. The van der Waals surface area contributed by atoms with Gasteiger partial charge in [-0.15, -0.1) is 0 Å². The zero-order valence-electron chi connectivity index (χ0n) is 10.0. The third kappa shape index (κ3) is 4.00. The Balaban J connectivity index is 2.50. The lowest BCUT2D eigenvalue weighted by molar-refractivity contribution is 0.437. The lowest BCUT2D eigenvalue weighted by Gasteiger charge is -2.19. The van der Waals surface area contributed by atoms with E-state index in [0.29, 0.717) is 6.04 Å². The van der Waals surface area contributed by atoms with Crippen LogP contribution in [0.2, 0.25) is 0 Å². The van der Waals surface area contributed by atoms with Crippen molar-refractivity contribution in [3.05, 3.63) is 30.1 Å². The van der Waals surface area contributed by atoms with E-state index in [9.17, 15) is 0 Å². The zero-order chi connectivity index (χ0) is 11.1. The predicted molar refractivity (Wildman–Crippen MR) is 64.7 cm³/mol. The van der Waals surface area contributed by atoms with Crippen LogP contribution in [0, 0.1) is 5.92 Å². The molecule has 84 valence electrons. The number of nitrogens with one attached hydrogen (secondary N) is 1. The second-order valence-electron chi connectivity index (χ2n) is 4.16. The minimum atomic E-state index is 0.474. The summed E-state index contributed by atoms with van der Waals surface area (Å²) in [4.78, 5) is 4.05. The van der Waals surface area contributed by atoms with E-state index in [2.05, 4.69) is 43.2 Å². The molecule has 0 aromatic carbocycles. The third-order valence-corrected chi connectivity index (χ3v) is 2.93. The Hall–Kier alpha value is -0.890. The lowest BCUT2D eigenvalue weighted by atomic mass is 10.0. The van der Waals surface area contributed by atoms with Crippen molar-refractivity contribution in [2.45, 2.75) is 39.7 Å². The molecule has 0 saturated heterocycles. The SMILES string of the molecule is CCC(C)CNC(CC)c1ccncc1. The largest absolute Gasteiger partial charge is 0.310 e. The summed E-state index contributed by atoms with van der Waals surface area (Å²) in [6.45, 7) is 7.83. The summed E-state index contributed by atoms with van der Waals surface area (Å²) < 4.78 is 0. The number of nitrogens with zero attached hydrogens (tertiary/aromatic N) is 1. The standard InChI is InChI=1S/C13H22N2/c1-4-11(3)10-15-13(5-2)12-6-8-14-9-7-12/h6-9,11,13,15H,4-5,10H2,1-3H3. The van der Waals surface area contributed by atoms with Gasteiger partial charge in [0.15, 0.2) is 0 Å². The fourth-order valence-electron chi connectivity index (χ4n) is 1.58. The summed E-state index contributed by atoms with van der Waals surface area (Å²) in [6.07, 6.45) is 6.09. The molecule has 15 heavy (non-hydrogen) atoms. The first-order chi connectivity index (χ1) is 7.27. The van der Waals surface area contributed by atoms with Crippen molar-refractivity contribution in [1.82, 2.24) is 10.3 Å². The van der Waals surface area contributed by atoms with Gasteiger partial charge in [-0.25, -0.2) is 0 Å². The highest BCUT2D eigenvalue weighted by molar-refractivity contribution is 5.14. The van der Waals surface area contributed by atoms with Gasteiger partial charge in [0.05, 0.1) is 0 Å². The first-order valence-electron chi connectivity index (χ1n) is 5.91. The molecular weight excluding hydrogens is 184 g/mol. The van der Waals surface area contributed by atoms with Gasteiger partial charge in [0.1, 0.15) is 0 Å². The molecule has 1 heterocycles. The summed E-state index contributed by atoms with van der Waals surface area (Å²) in [5.41, 5.74) is 1.34. The van der Waals surface area contributed by atoms with Gasteiger partial charge in [-0.3, -0.25) is 4.98 Å². The van der Waals surface area contributed by atoms with Crippen LogP contribution in [-0.4, -0.2) is 11.5 Å². The van der Waals surface area contributed by atoms with E-state index in [1.165, 1.54) is 12.0 Å². The molecule has 1 N–H and O–H groups in total. The number of hydrogen-bond donors (Lipinski definition) is 1. The van der Waals surface area contributed by atoms with E-state index >= 15 is 0 Å². The molecule has 0 amide bonds. The van der Waals surface area contributed by atoms with Crippen LogP contribution >= 0.6 is 0 Å². The molecule has 2 nitrogen and oxygen atoms in total. The van der Waals surface area contributed by atoms with Crippen LogP contribution in [0.1, 0.15) is 45.2 Å². The quantitative estimate of drug-likeness (QED) is 0.773. The minimum Gasteiger partial charge on any atom is -0.310 e. The van der Waals surface area contributed by atoms with Gasteiger partial charge in [0.2, 0.25) is 0 Å². The predicted octanol–water partition coefficient (Wildman–Crippen LogP) is 3.17. The molecule has 0 bridgehead atoms. The normalized spacial score (nSPS) is 14.9. The van der Waals surface area contributed by atoms with Gasteiger partial charge in [-0.2, -0.15) is 0 Å². The van der Waals surface area contributed by atoms with Crippen molar-refractivity contribution in [3.8, 4) is 0 Å². The van der Waals surface area contributed by atoms with Crippen molar-refractivity contribution in [2.75, 3.05) is 6.54 Å². The average Bonchev–Trinajstić information content (AvgIpc) is 2.31. The second-order valence-corrected chi connectivity index (χ2v) is 4.16. The Morgan fingerprint density at radius 1 is 1.20 bits per heavy atom. The highest BCUT2D eigenvalue weighted by Gasteiger charge is 2.09. The van der Waals surface area contributed by atoms with E-state index in [-0.39, 0.29) is 0 Å². The second kappa shape index (κ2) is 6.57. The fourth-order valence-corrected chi connectivity index (χ4v) is 1.58. The maximum absolute atomic E-state index is 4.05. The van der Waals surface area contributed by atoms with Crippen LogP contribution in [0.5, 0.6) is 0 Å². The summed E-state index contributed by atoms with van der Waals surface area (Å²) in [5, 5.41) is 3.61. The highest BCUT2D eigenvalue weighted by Crippen LogP contribution is 2.15. The molecule has 0 aliphatic heterocycles. The summed E-state index contributed by atoms with van der Waals surface area (Å²) >= 11 is 0. The van der Waals surface area contributed by atoms with Crippen molar-refractivity contribution in [3.63, 3.8) is 0 Å². The maximum Gasteiger partial charge on any atom is 0.0318 e. The Bertz CT molecular complexity index is 258. The molecule has 1 aromatic rings. The van der Waals surface area contributed by atoms with Crippen LogP contribution < -0.4 is 5.32 Å². The smallest absolute Gasteiger partial charge is 0.0318 e. The number of pyridine rings is 1. The maximum atomic E-state index is 4.05. The monoisotopic (exact) mass is 206 g/mol. The molecule has 0 radical (unpaired) electrons. The molecule has 1 aromatic heterocycles. The van der Waals surface area contributed by atoms with Crippen LogP contribution in [-0.2, 0) is 0 Å². The van der Waals surface area contributed by atoms with Crippen molar-refractivity contribution >= 4 is 0 Å². The molecule has 0 fully saturated rings. The zero-order valence-corrected chi connectivity index (χ0v) is 10.0. The Morgan fingerprint density at radius 2 is 1.87 bits per heavy atom. The van der Waals surface area contributed by atoms with Gasteiger partial charge in [-0.05, 0) is 36.6 Å². The van der Waals surface area contributed by atoms with Gasteiger partial charge < -0.3 is 5.32 Å². The highest BCUT2D eigenvalue weighted by atomic mass is 14.9. The fraction of sp³-hybridized carbons (Fsp3) is 0.615. The molecule has 2 unspecified atom stereocenters. The summed E-state index contributed by atoms with van der Waals surface area (Å²) in [6, 6.07) is 4.66. The molecule has 0 aliphatic rings. The Labute approximate surface area is 93.1 Å². The molecular formula is C13H22N2. The Kier molecular flexibility index (Phi) is 5.33. The van der Waals surface area contributed by atoms with Crippen LogP contribution in [0.15, 0.2) is 24.5 Å². The van der Waals surface area contributed by atoms with Crippen LogP contribution in [0.3, 0.4) is 0 Å². The number of hydrogen-bond acceptors (Lipinski definition) is 2. The molecule has 0 spiro atoms. The van der Waals surface area contributed by atoms with E-state index < -0.39 is 0 Å². The van der Waals surface area contributed by atoms with Gasteiger partial charge in [-0.1, -0.05) is 27.2 Å². The molecule has 2 atom stereocenters. The summed E-state index contributed by atoms with van der Waals surface area (Å²) in [5.74, 6) is 0.751. The van der Waals surface area contributed by atoms with E-state index in [1.54, 1.807) is 0 Å². The lowest BCUT2D eigenvalue weighted by Crippen LogP contribution is -2.25. The van der Waals surface area contributed by atoms with Gasteiger partial charge in [0.25, 0.3) is 0 Å². The molecule has 2 heteroatoms. The number of rotatable bonds is 6. The van der Waals surface area contributed by atoms with E-state index in [0.717, 1.165) is 18.9 Å². The van der Waals surface area contributed by atoms with Gasteiger partial charge >= 0.3 is 0 Å². The topological polar surface area (TPSA) is 24.9 Å². The van der Waals surface area contributed by atoms with Crippen molar-refractivity contribution in [2.24, 2.45) is 5.92 Å². The van der Waals surface area contributed by atoms with E-state index in [1.807, 2.05) is 12.4 Å². The minimum absolute atomic E-state index is 0.474. The Morgan fingerprint density at radius 3 is 2.40 bits per heavy atom. The van der Waals surface area contributed by atoms with Gasteiger partial charge in [0, 0.05) is 18.4 Å². The van der Waals surface area contributed by atoms with Crippen LogP contribution in [0.25, 0.3) is 0 Å². The molecule has 0 saturated carbocycles. The first-order valence-corrected chi connectivity index (χ1v) is 5.91. The third-order valence-electron chi connectivity index (χ3n) is 2.93. The van der Waals surface area contributed by atoms with E-state index in [4.69, 9.17) is 0 Å². The number of aromatic nitrogens is 1. The molecule has 1 rings (SSSR count). The van der Waals surface area contributed by atoms with Crippen molar-refractivity contribution in [1.29, 1.82) is 0 Å². The van der Waals surface area contributed by atoms with Crippen molar-refractivity contribution < 1.29 is 0 Å². The first kappa shape index (κ1) is 12.2. The van der Waals surface area contributed by atoms with Crippen LogP contribution in [0.4, 0.5) is 0 Å². The molecule has 0 aliphatic carbocycles.